The van der Waals surface area contributed by atoms with Crippen LogP contribution in [0.25, 0.3) is 44.2 Å². The van der Waals surface area contributed by atoms with Gasteiger partial charge in [-0.25, -0.2) is 9.59 Å². The van der Waals surface area contributed by atoms with Crippen molar-refractivity contribution in [3.05, 3.63) is 129 Å². The van der Waals surface area contributed by atoms with Crippen molar-refractivity contribution in [2.24, 2.45) is 0 Å². The Balaban J connectivity index is 0.869. The SMILES string of the molecule is CCc1ccccc1-c1cc2ccc(OCCCCCC[Si](C)(OC)O[Si](C)(CCCCCCOc3ccc4cc(-c5ccccc5CC)c(=O)oc4c3)OC)cc2oc1=O. The van der Waals surface area contributed by atoms with Crippen molar-refractivity contribution < 1.29 is 31.3 Å². The van der Waals surface area contributed by atoms with Crippen LogP contribution in [0.4, 0.5) is 0 Å². The van der Waals surface area contributed by atoms with Crippen molar-refractivity contribution in [2.45, 2.75) is 103 Å². The Morgan fingerprint density at radius 1 is 0.492 bits per heavy atom. The molecule has 11 heteroatoms. The van der Waals surface area contributed by atoms with Gasteiger partial charge >= 0.3 is 28.4 Å². The van der Waals surface area contributed by atoms with Gasteiger partial charge in [0.2, 0.25) is 0 Å². The summed E-state index contributed by atoms with van der Waals surface area (Å²) in [5.41, 5.74) is 5.63. The third-order valence-corrected chi connectivity index (χ3v) is 19.4. The zero-order valence-electron chi connectivity index (χ0n) is 36.8. The van der Waals surface area contributed by atoms with Crippen LogP contribution >= 0.6 is 0 Å². The fourth-order valence-electron chi connectivity index (χ4n) is 7.95. The molecular formula is C50H62O9Si2. The molecule has 0 spiro atoms. The van der Waals surface area contributed by atoms with Gasteiger partial charge in [-0.15, -0.1) is 0 Å². The van der Waals surface area contributed by atoms with Crippen LogP contribution in [0.5, 0.6) is 11.5 Å². The van der Waals surface area contributed by atoms with Crippen molar-refractivity contribution in [2.75, 3.05) is 27.4 Å². The lowest BCUT2D eigenvalue weighted by atomic mass is 9.98. The summed E-state index contributed by atoms with van der Waals surface area (Å²) in [6.07, 6.45) is 9.76. The van der Waals surface area contributed by atoms with E-state index in [9.17, 15) is 9.59 Å². The molecule has 0 radical (unpaired) electrons. The van der Waals surface area contributed by atoms with E-state index in [0.29, 0.717) is 47.0 Å². The summed E-state index contributed by atoms with van der Waals surface area (Å²) in [6, 6.07) is 33.0. The highest BCUT2D eigenvalue weighted by Gasteiger charge is 2.41. The normalized spacial score (nSPS) is 13.6. The maximum atomic E-state index is 12.9. The van der Waals surface area contributed by atoms with Crippen molar-refractivity contribution in [1.29, 1.82) is 0 Å². The van der Waals surface area contributed by atoms with Crippen LogP contribution in [0, 0.1) is 0 Å². The molecule has 2 heterocycles. The average Bonchev–Trinajstić information content (AvgIpc) is 3.27. The van der Waals surface area contributed by atoms with Gasteiger partial charge < -0.3 is 31.3 Å². The van der Waals surface area contributed by atoms with E-state index in [1.165, 1.54) is 0 Å². The lowest BCUT2D eigenvalue weighted by Crippen LogP contribution is -2.51. The predicted octanol–water partition coefficient (Wildman–Crippen LogP) is 12.4. The van der Waals surface area contributed by atoms with Gasteiger partial charge in [0.1, 0.15) is 22.7 Å². The molecule has 9 nitrogen and oxygen atoms in total. The molecule has 0 saturated heterocycles. The molecular weight excluding hydrogens is 801 g/mol. The summed E-state index contributed by atoms with van der Waals surface area (Å²) in [5, 5.41) is 1.74. The highest BCUT2D eigenvalue weighted by Crippen LogP contribution is 2.30. The van der Waals surface area contributed by atoms with E-state index < -0.39 is 17.1 Å². The predicted molar refractivity (Wildman–Crippen MR) is 250 cm³/mol. The number of hydrogen-bond donors (Lipinski definition) is 0. The first-order valence-corrected chi connectivity index (χ1v) is 27.0. The minimum absolute atomic E-state index is 0.339. The first-order valence-electron chi connectivity index (χ1n) is 22.0. The molecule has 0 aliphatic heterocycles. The van der Waals surface area contributed by atoms with Gasteiger partial charge in [0.05, 0.1) is 24.3 Å². The fraction of sp³-hybridized carbons (Fsp3) is 0.400. The maximum absolute atomic E-state index is 12.9. The number of aryl methyl sites for hydroxylation is 2. The summed E-state index contributed by atoms with van der Waals surface area (Å²) in [7, 11) is -1.27. The van der Waals surface area contributed by atoms with Crippen LogP contribution in [-0.2, 0) is 25.8 Å². The minimum atomic E-state index is -2.41. The molecule has 0 aliphatic rings. The quantitative estimate of drug-likeness (QED) is 0.0334. The Labute approximate surface area is 362 Å². The molecule has 0 fully saturated rings. The largest absolute Gasteiger partial charge is 0.493 e. The van der Waals surface area contributed by atoms with Gasteiger partial charge in [0, 0.05) is 37.1 Å². The molecule has 6 rings (SSSR count). The standard InChI is InChI=1S/C50H62O9Si2/c1-7-37-21-13-15-23-43(37)45-33-39-25-27-41(35-47(39)57-49(45)51)55-29-17-9-11-19-31-60(5,53-3)59-61(6,54-4)32-20-12-10-18-30-56-42-28-26-40-34-46(50(52)58-48(40)36-42)44-24-16-14-22-38(44)8-2/h13-16,21-28,33-36H,7-12,17-20,29-32H2,1-6H3. The van der Waals surface area contributed by atoms with E-state index in [0.717, 1.165) is 109 Å². The highest BCUT2D eigenvalue weighted by atomic mass is 28.5. The van der Waals surface area contributed by atoms with Crippen molar-refractivity contribution in [3.63, 3.8) is 0 Å². The topological polar surface area (TPSA) is 107 Å². The third kappa shape index (κ3) is 12.2. The third-order valence-electron chi connectivity index (χ3n) is 11.7. The van der Waals surface area contributed by atoms with E-state index in [1.54, 1.807) is 14.2 Å². The molecule has 4 aromatic carbocycles. The molecule has 2 atom stereocenters. The Hall–Kier alpha value is -4.79. The van der Waals surface area contributed by atoms with Gasteiger partial charge in [0.25, 0.3) is 0 Å². The van der Waals surface area contributed by atoms with Crippen LogP contribution in [0.1, 0.15) is 76.3 Å². The van der Waals surface area contributed by atoms with Gasteiger partial charge in [-0.3, -0.25) is 0 Å². The molecule has 0 aliphatic carbocycles. The second-order valence-electron chi connectivity index (χ2n) is 16.1. The maximum Gasteiger partial charge on any atom is 0.344 e. The zero-order chi connectivity index (χ0) is 43.2. The molecule has 6 aromatic rings. The Morgan fingerprint density at radius 2 is 0.902 bits per heavy atom. The van der Waals surface area contributed by atoms with Crippen LogP contribution in [0.2, 0.25) is 25.2 Å². The van der Waals surface area contributed by atoms with E-state index in [1.807, 2.05) is 97.1 Å². The Bertz CT molecular complexity index is 2310. The average molecular weight is 863 g/mol. The van der Waals surface area contributed by atoms with Crippen LogP contribution in [0.15, 0.2) is 115 Å². The first kappa shape index (κ1) is 45.7. The summed E-state index contributed by atoms with van der Waals surface area (Å²) < 4.78 is 42.5. The molecule has 0 saturated carbocycles. The summed E-state index contributed by atoms with van der Waals surface area (Å²) >= 11 is 0. The molecule has 61 heavy (non-hydrogen) atoms. The summed E-state index contributed by atoms with van der Waals surface area (Å²) in [5.74, 6) is 1.40. The van der Waals surface area contributed by atoms with Crippen LogP contribution < -0.4 is 20.7 Å². The fourth-order valence-corrected chi connectivity index (χ4v) is 15.3. The summed E-state index contributed by atoms with van der Waals surface area (Å²) in [6.45, 7) is 9.67. The molecule has 2 aromatic heterocycles. The second-order valence-corrected chi connectivity index (χ2v) is 23.3. The van der Waals surface area contributed by atoms with E-state index in [2.05, 4.69) is 26.9 Å². The molecule has 0 amide bonds. The number of rotatable bonds is 24. The van der Waals surface area contributed by atoms with Crippen molar-refractivity contribution >= 4 is 39.1 Å². The van der Waals surface area contributed by atoms with Gasteiger partial charge in [-0.1, -0.05) is 101 Å². The lowest BCUT2D eigenvalue weighted by Gasteiger charge is -2.35. The molecule has 2 unspecified atom stereocenters. The smallest absolute Gasteiger partial charge is 0.344 e. The van der Waals surface area contributed by atoms with Crippen LogP contribution in [-0.4, -0.2) is 44.6 Å². The number of unbranched alkanes of at least 4 members (excludes halogenated alkanes) is 6. The van der Waals surface area contributed by atoms with Gasteiger partial charge in [0.15, 0.2) is 0 Å². The first-order chi connectivity index (χ1) is 29.6. The Morgan fingerprint density at radius 3 is 1.31 bits per heavy atom. The van der Waals surface area contributed by atoms with Crippen molar-refractivity contribution in [3.8, 4) is 33.8 Å². The number of hydrogen-bond acceptors (Lipinski definition) is 9. The molecule has 0 bridgehead atoms. The minimum Gasteiger partial charge on any atom is -0.493 e. The van der Waals surface area contributed by atoms with Crippen LogP contribution in [0.3, 0.4) is 0 Å². The van der Waals surface area contributed by atoms with E-state index in [-0.39, 0.29) is 11.3 Å². The van der Waals surface area contributed by atoms with E-state index in [4.69, 9.17) is 31.3 Å². The van der Waals surface area contributed by atoms with Crippen molar-refractivity contribution in [1.82, 2.24) is 0 Å². The monoisotopic (exact) mass is 862 g/mol. The molecule has 324 valence electrons. The molecule has 0 N–H and O–H groups in total. The van der Waals surface area contributed by atoms with Gasteiger partial charge in [-0.05, 0) is 110 Å². The van der Waals surface area contributed by atoms with E-state index >= 15 is 0 Å². The number of ether oxygens (including phenoxy) is 2. The lowest BCUT2D eigenvalue weighted by molar-refractivity contribution is 0.237. The summed E-state index contributed by atoms with van der Waals surface area (Å²) in [4.78, 5) is 25.8. The number of fused-ring (bicyclic) bond motifs is 2. The highest BCUT2D eigenvalue weighted by molar-refractivity contribution is 6.80. The second kappa shape index (κ2) is 21.8. The number of benzene rings is 4. The van der Waals surface area contributed by atoms with Gasteiger partial charge in [-0.2, -0.15) is 0 Å². The zero-order valence-corrected chi connectivity index (χ0v) is 38.8. The Kier molecular flexibility index (Phi) is 16.4.